The maximum Gasteiger partial charge on any atom is 0.0227 e. The summed E-state index contributed by atoms with van der Waals surface area (Å²) in [5, 5.41) is 0. The topological polar surface area (TPSA) is 3.24 Å². The first kappa shape index (κ1) is 29.4. The quantitative estimate of drug-likeness (QED) is 0.496. The van der Waals surface area contributed by atoms with Gasteiger partial charge in [-0.2, -0.15) is 0 Å². The van der Waals surface area contributed by atoms with E-state index in [-0.39, 0.29) is 14.9 Å². The molecule has 0 bridgehead atoms. The van der Waals surface area contributed by atoms with Crippen molar-refractivity contribution in [2.24, 2.45) is 16.7 Å². The Morgan fingerprint density at radius 2 is 1.21 bits per heavy atom. The molecule has 1 aromatic carbocycles. The van der Waals surface area contributed by atoms with Gasteiger partial charge in [-0.15, -0.1) is 0 Å². The Labute approximate surface area is 179 Å². The minimum absolute atomic E-state index is 0. The monoisotopic (exact) mass is 391 g/mol. The van der Waals surface area contributed by atoms with Gasteiger partial charge in [0.15, 0.2) is 0 Å². The van der Waals surface area contributed by atoms with Crippen LogP contribution in [0.15, 0.2) is 24.3 Å². The Hall–Kier alpha value is -0.820. The lowest BCUT2D eigenvalue weighted by Gasteiger charge is -2.28. The third kappa shape index (κ3) is 15.1. The molecule has 0 saturated heterocycles. The van der Waals surface area contributed by atoms with Crippen LogP contribution in [0.5, 0.6) is 0 Å². The van der Waals surface area contributed by atoms with Crippen molar-refractivity contribution >= 4 is 0 Å². The molecule has 1 aromatic rings. The maximum absolute atomic E-state index is 2.36. The fourth-order valence-electron chi connectivity index (χ4n) is 4.00. The second kappa shape index (κ2) is 13.4. The van der Waals surface area contributed by atoms with Gasteiger partial charge in [0, 0.05) is 6.54 Å². The molecule has 2 rings (SSSR count). The van der Waals surface area contributed by atoms with Crippen molar-refractivity contribution in [3.8, 4) is 0 Å². The standard InChI is InChI=1S/C14H23N.C11H22.2CH4/c1-14(2,3)10-12-6-8-13(9-7-12)11-15(4)5;1-11(2,3)9-10-7-5-4-6-8-10;;/h6-9H,10-11H2,1-5H3;10H,4-9H2,1-3H3;2*1H4. The van der Waals surface area contributed by atoms with E-state index in [4.69, 9.17) is 0 Å². The minimum Gasteiger partial charge on any atom is -0.305 e. The van der Waals surface area contributed by atoms with Crippen LogP contribution in [0.2, 0.25) is 0 Å². The summed E-state index contributed by atoms with van der Waals surface area (Å²) in [4.78, 5) is 2.19. The van der Waals surface area contributed by atoms with Crippen LogP contribution >= 0.6 is 0 Å². The van der Waals surface area contributed by atoms with Crippen LogP contribution in [0.3, 0.4) is 0 Å². The van der Waals surface area contributed by atoms with Gasteiger partial charge in [-0.25, -0.2) is 0 Å². The van der Waals surface area contributed by atoms with Crippen LogP contribution in [-0.2, 0) is 13.0 Å². The van der Waals surface area contributed by atoms with Crippen molar-refractivity contribution in [1.29, 1.82) is 0 Å². The number of rotatable bonds is 4. The summed E-state index contributed by atoms with van der Waals surface area (Å²) < 4.78 is 0. The highest BCUT2D eigenvalue weighted by molar-refractivity contribution is 5.23. The summed E-state index contributed by atoms with van der Waals surface area (Å²) >= 11 is 0. The van der Waals surface area contributed by atoms with E-state index in [0.29, 0.717) is 10.8 Å². The average molecular weight is 392 g/mol. The molecule has 166 valence electrons. The van der Waals surface area contributed by atoms with Crippen molar-refractivity contribution in [3.05, 3.63) is 35.4 Å². The Bertz CT molecular complexity index is 478. The predicted octanol–water partition coefficient (Wildman–Crippen LogP) is 8.61. The molecule has 1 saturated carbocycles. The van der Waals surface area contributed by atoms with Crippen LogP contribution < -0.4 is 0 Å². The third-order valence-electron chi connectivity index (χ3n) is 4.88. The van der Waals surface area contributed by atoms with Crippen LogP contribution in [0, 0.1) is 16.7 Å². The SMILES string of the molecule is C.C.CC(C)(C)CC1CCCCC1.CN(C)Cc1ccc(CC(C)(C)C)cc1. The van der Waals surface area contributed by atoms with Gasteiger partial charge in [0.25, 0.3) is 0 Å². The molecule has 1 nitrogen and oxygen atoms in total. The molecule has 1 fully saturated rings. The van der Waals surface area contributed by atoms with Gasteiger partial charge in [-0.3, -0.25) is 0 Å². The molecule has 0 amide bonds. The molecule has 0 heterocycles. The van der Waals surface area contributed by atoms with E-state index >= 15 is 0 Å². The third-order valence-corrected chi connectivity index (χ3v) is 4.88. The van der Waals surface area contributed by atoms with Gasteiger partial charge in [-0.1, -0.05) is 113 Å². The summed E-state index contributed by atoms with van der Waals surface area (Å²) in [6.45, 7) is 14.9. The Kier molecular flexibility index (Phi) is 14.1. The van der Waals surface area contributed by atoms with Crippen molar-refractivity contribution in [3.63, 3.8) is 0 Å². The zero-order valence-electron chi connectivity index (χ0n) is 19.0. The summed E-state index contributed by atoms with van der Waals surface area (Å²) in [6.07, 6.45) is 10.0. The second-order valence-electron chi connectivity index (χ2n) is 11.1. The van der Waals surface area contributed by atoms with E-state index in [1.807, 2.05) is 0 Å². The largest absolute Gasteiger partial charge is 0.305 e. The normalized spacial score (nSPS) is 15.2. The van der Waals surface area contributed by atoms with E-state index in [0.717, 1.165) is 18.9 Å². The number of hydrogen-bond donors (Lipinski definition) is 0. The van der Waals surface area contributed by atoms with Crippen molar-refractivity contribution in [2.75, 3.05) is 14.1 Å². The summed E-state index contributed by atoms with van der Waals surface area (Å²) in [5.41, 5.74) is 3.76. The fourth-order valence-corrected chi connectivity index (χ4v) is 4.00. The van der Waals surface area contributed by atoms with Crippen molar-refractivity contribution < 1.29 is 0 Å². The van der Waals surface area contributed by atoms with Gasteiger partial charge in [-0.05, 0) is 54.8 Å². The first-order valence-corrected chi connectivity index (χ1v) is 10.7. The van der Waals surface area contributed by atoms with Gasteiger partial charge >= 0.3 is 0 Å². The van der Waals surface area contributed by atoms with Gasteiger partial charge in [0.2, 0.25) is 0 Å². The highest BCUT2D eigenvalue weighted by atomic mass is 15.0. The van der Waals surface area contributed by atoms with Crippen LogP contribution in [0.25, 0.3) is 0 Å². The van der Waals surface area contributed by atoms with Gasteiger partial charge in [0.1, 0.15) is 0 Å². The van der Waals surface area contributed by atoms with E-state index in [1.54, 1.807) is 0 Å². The lowest BCUT2D eigenvalue weighted by Crippen LogP contribution is -2.15. The summed E-state index contributed by atoms with van der Waals surface area (Å²) in [7, 11) is 4.20. The van der Waals surface area contributed by atoms with Gasteiger partial charge < -0.3 is 4.90 Å². The molecule has 0 N–H and O–H groups in total. The fraction of sp³-hybridized carbons (Fsp3) is 0.778. The Balaban J connectivity index is 0. The molecule has 1 aliphatic rings. The molecular weight excluding hydrogens is 338 g/mol. The molecule has 0 atom stereocenters. The molecule has 1 heteroatoms. The summed E-state index contributed by atoms with van der Waals surface area (Å²) in [6, 6.07) is 8.98. The number of hydrogen-bond acceptors (Lipinski definition) is 1. The second-order valence-corrected chi connectivity index (χ2v) is 11.1. The van der Waals surface area contributed by atoms with Crippen LogP contribution in [0.1, 0.15) is 106 Å². The smallest absolute Gasteiger partial charge is 0.0227 e. The van der Waals surface area contributed by atoms with E-state index in [9.17, 15) is 0 Å². The Morgan fingerprint density at radius 1 is 0.750 bits per heavy atom. The Morgan fingerprint density at radius 3 is 1.61 bits per heavy atom. The summed E-state index contributed by atoms with van der Waals surface area (Å²) in [5.74, 6) is 1.05. The predicted molar refractivity (Wildman–Crippen MR) is 131 cm³/mol. The van der Waals surface area contributed by atoms with E-state index in [1.165, 1.54) is 49.7 Å². The minimum atomic E-state index is 0. The molecule has 0 unspecified atom stereocenters. The molecule has 1 aliphatic carbocycles. The zero-order chi connectivity index (χ0) is 19.8. The number of nitrogens with zero attached hydrogens (tertiary/aromatic N) is 1. The van der Waals surface area contributed by atoms with Crippen molar-refractivity contribution in [2.45, 2.75) is 108 Å². The van der Waals surface area contributed by atoms with E-state index < -0.39 is 0 Å². The molecule has 0 aromatic heterocycles. The molecule has 0 radical (unpaired) electrons. The van der Waals surface area contributed by atoms with Crippen molar-refractivity contribution in [1.82, 2.24) is 4.90 Å². The molecule has 28 heavy (non-hydrogen) atoms. The average Bonchev–Trinajstić information content (AvgIpc) is 2.47. The molecule has 0 spiro atoms. The lowest BCUT2D eigenvalue weighted by atomic mass is 9.78. The molecule has 0 aliphatic heterocycles. The highest BCUT2D eigenvalue weighted by Gasteiger charge is 2.20. The highest BCUT2D eigenvalue weighted by Crippen LogP contribution is 2.33. The van der Waals surface area contributed by atoms with Crippen LogP contribution in [-0.4, -0.2) is 19.0 Å². The first-order chi connectivity index (χ1) is 11.9. The lowest BCUT2D eigenvalue weighted by molar-refractivity contribution is 0.240. The number of benzene rings is 1. The van der Waals surface area contributed by atoms with Crippen LogP contribution in [0.4, 0.5) is 0 Å². The van der Waals surface area contributed by atoms with Gasteiger partial charge in [0.05, 0.1) is 0 Å². The first-order valence-electron chi connectivity index (χ1n) is 10.7. The zero-order valence-corrected chi connectivity index (χ0v) is 19.0. The van der Waals surface area contributed by atoms with E-state index in [2.05, 4.69) is 84.8 Å². The molecular formula is C27H53N. The maximum atomic E-state index is 2.36.